The smallest absolute Gasteiger partial charge is 0.244 e. The fourth-order valence-electron chi connectivity index (χ4n) is 4.68. The van der Waals surface area contributed by atoms with E-state index >= 15 is 0 Å². The molecule has 3 heterocycles. The second-order valence-electron chi connectivity index (χ2n) is 8.00. The third-order valence-electron chi connectivity index (χ3n) is 6.22. The minimum Gasteiger partial charge on any atom is -0.350 e. The number of aromatic nitrogens is 2. The van der Waals surface area contributed by atoms with Crippen LogP contribution in [0.1, 0.15) is 37.8 Å². The molecule has 7 nitrogen and oxygen atoms in total. The molecule has 1 amide bonds. The van der Waals surface area contributed by atoms with E-state index in [0.717, 1.165) is 37.8 Å². The average Bonchev–Trinajstić information content (AvgIpc) is 3.13. The summed E-state index contributed by atoms with van der Waals surface area (Å²) in [7, 11) is -3.67. The molecule has 1 saturated carbocycles. The molecule has 8 heteroatoms. The van der Waals surface area contributed by atoms with Crippen LogP contribution in [0.4, 0.5) is 0 Å². The number of pyridine rings is 2. The molecule has 2 aliphatic rings. The van der Waals surface area contributed by atoms with Gasteiger partial charge in [0, 0.05) is 31.7 Å². The SMILES string of the molecule is O=C(NCc1ccccn1)[C@@H]1CN(S(=O)(=O)c2cccnc2)CC12CCCCC2. The van der Waals surface area contributed by atoms with E-state index in [9.17, 15) is 13.2 Å². The highest BCUT2D eigenvalue weighted by Gasteiger charge is 2.53. The first-order valence-electron chi connectivity index (χ1n) is 10.1. The fourth-order valence-corrected chi connectivity index (χ4v) is 6.20. The molecule has 1 N–H and O–H groups in total. The second kappa shape index (κ2) is 8.20. The normalized spacial score (nSPS) is 21.9. The number of hydrogen-bond donors (Lipinski definition) is 1. The third-order valence-corrected chi connectivity index (χ3v) is 8.02. The molecule has 1 aliphatic heterocycles. The molecule has 1 saturated heterocycles. The molecule has 154 valence electrons. The highest BCUT2D eigenvalue weighted by atomic mass is 32.2. The van der Waals surface area contributed by atoms with Crippen molar-refractivity contribution in [2.75, 3.05) is 13.1 Å². The zero-order valence-electron chi connectivity index (χ0n) is 16.3. The lowest BCUT2D eigenvalue weighted by molar-refractivity contribution is -0.128. The van der Waals surface area contributed by atoms with Crippen molar-refractivity contribution >= 4 is 15.9 Å². The van der Waals surface area contributed by atoms with Gasteiger partial charge in [0.1, 0.15) is 4.90 Å². The average molecular weight is 415 g/mol. The summed E-state index contributed by atoms with van der Waals surface area (Å²) >= 11 is 0. The van der Waals surface area contributed by atoms with Crippen LogP contribution in [0.15, 0.2) is 53.8 Å². The predicted octanol–water partition coefficient (Wildman–Crippen LogP) is 2.36. The Balaban J connectivity index is 1.55. The van der Waals surface area contributed by atoms with Gasteiger partial charge >= 0.3 is 0 Å². The van der Waals surface area contributed by atoms with E-state index in [1.165, 1.54) is 10.5 Å². The van der Waals surface area contributed by atoms with Gasteiger partial charge in [-0.25, -0.2) is 8.42 Å². The summed E-state index contributed by atoms with van der Waals surface area (Å²) in [6.45, 7) is 0.957. The van der Waals surface area contributed by atoms with Crippen molar-refractivity contribution in [3.8, 4) is 0 Å². The fraction of sp³-hybridized carbons (Fsp3) is 0.476. The number of nitrogens with one attached hydrogen (secondary N) is 1. The van der Waals surface area contributed by atoms with Crippen LogP contribution >= 0.6 is 0 Å². The van der Waals surface area contributed by atoms with Crippen molar-refractivity contribution in [1.82, 2.24) is 19.6 Å². The van der Waals surface area contributed by atoms with Crippen molar-refractivity contribution in [3.05, 3.63) is 54.6 Å². The van der Waals surface area contributed by atoms with E-state index in [-0.39, 0.29) is 28.7 Å². The Morgan fingerprint density at radius 2 is 1.97 bits per heavy atom. The number of rotatable bonds is 5. The Morgan fingerprint density at radius 3 is 2.66 bits per heavy atom. The van der Waals surface area contributed by atoms with E-state index < -0.39 is 10.0 Å². The Hall–Kier alpha value is -2.32. The first-order valence-corrected chi connectivity index (χ1v) is 11.5. The van der Waals surface area contributed by atoms with E-state index in [1.807, 2.05) is 18.2 Å². The van der Waals surface area contributed by atoms with Gasteiger partial charge in [-0.15, -0.1) is 0 Å². The molecular formula is C21H26N4O3S. The molecule has 0 radical (unpaired) electrons. The molecule has 0 unspecified atom stereocenters. The topological polar surface area (TPSA) is 92.3 Å². The Bertz CT molecular complexity index is 944. The van der Waals surface area contributed by atoms with Gasteiger partial charge in [0.05, 0.1) is 18.2 Å². The monoisotopic (exact) mass is 414 g/mol. The maximum absolute atomic E-state index is 13.2. The van der Waals surface area contributed by atoms with E-state index in [0.29, 0.717) is 13.1 Å². The van der Waals surface area contributed by atoms with Gasteiger partial charge in [-0.1, -0.05) is 25.3 Å². The van der Waals surface area contributed by atoms with Gasteiger partial charge in [0.15, 0.2) is 0 Å². The summed E-state index contributed by atoms with van der Waals surface area (Å²) < 4.78 is 27.8. The van der Waals surface area contributed by atoms with Crippen LogP contribution in [0, 0.1) is 11.3 Å². The van der Waals surface area contributed by atoms with E-state index in [4.69, 9.17) is 0 Å². The summed E-state index contributed by atoms with van der Waals surface area (Å²) in [6, 6.07) is 8.76. The Labute approximate surface area is 171 Å². The molecule has 1 atom stereocenters. The van der Waals surface area contributed by atoms with Gasteiger partial charge in [-0.2, -0.15) is 4.31 Å². The minimum atomic E-state index is -3.67. The van der Waals surface area contributed by atoms with Crippen LogP contribution in [-0.2, 0) is 21.4 Å². The van der Waals surface area contributed by atoms with Crippen LogP contribution in [0.2, 0.25) is 0 Å². The summed E-state index contributed by atoms with van der Waals surface area (Å²) in [6.07, 6.45) is 9.59. The Morgan fingerprint density at radius 1 is 1.14 bits per heavy atom. The standard InChI is InChI=1S/C21H26N4O3S/c26-20(24-13-17-7-2-5-12-23-17)19-15-25(16-21(19)9-3-1-4-10-21)29(27,28)18-8-6-11-22-14-18/h2,5-8,11-12,14,19H,1,3-4,9-10,13,15-16H2,(H,24,26)/t19-/m0/s1. The molecule has 29 heavy (non-hydrogen) atoms. The zero-order chi connectivity index (χ0) is 20.3. The van der Waals surface area contributed by atoms with Crippen LogP contribution in [0.25, 0.3) is 0 Å². The third kappa shape index (κ3) is 4.04. The first-order chi connectivity index (χ1) is 14.0. The molecule has 0 aromatic carbocycles. The van der Waals surface area contributed by atoms with Crippen molar-refractivity contribution in [1.29, 1.82) is 0 Å². The molecular weight excluding hydrogens is 388 g/mol. The number of carbonyl (C=O) groups excluding carboxylic acids is 1. The molecule has 1 aliphatic carbocycles. The molecule has 0 bridgehead atoms. The van der Waals surface area contributed by atoms with Crippen molar-refractivity contribution in [2.24, 2.45) is 11.3 Å². The maximum Gasteiger partial charge on any atom is 0.244 e. The van der Waals surface area contributed by atoms with E-state index in [1.54, 1.807) is 24.5 Å². The van der Waals surface area contributed by atoms with Gasteiger partial charge in [0.25, 0.3) is 0 Å². The van der Waals surface area contributed by atoms with Crippen LogP contribution in [0.5, 0.6) is 0 Å². The quantitative estimate of drug-likeness (QED) is 0.811. The largest absolute Gasteiger partial charge is 0.350 e. The van der Waals surface area contributed by atoms with Crippen molar-refractivity contribution in [2.45, 2.75) is 43.5 Å². The highest BCUT2D eigenvalue weighted by molar-refractivity contribution is 7.89. The summed E-state index contributed by atoms with van der Waals surface area (Å²) in [5, 5.41) is 2.99. The number of sulfonamides is 1. The summed E-state index contributed by atoms with van der Waals surface area (Å²) in [5.41, 5.74) is 0.498. The van der Waals surface area contributed by atoms with Gasteiger partial charge in [0.2, 0.25) is 15.9 Å². The lowest BCUT2D eigenvalue weighted by atomic mass is 9.67. The lowest BCUT2D eigenvalue weighted by Crippen LogP contribution is -2.42. The molecule has 4 rings (SSSR count). The second-order valence-corrected chi connectivity index (χ2v) is 9.94. The van der Waals surface area contributed by atoms with Crippen LogP contribution < -0.4 is 5.32 Å². The Kier molecular flexibility index (Phi) is 5.65. The van der Waals surface area contributed by atoms with Gasteiger partial charge in [-0.05, 0) is 42.5 Å². The number of nitrogens with zero attached hydrogens (tertiary/aromatic N) is 3. The lowest BCUT2D eigenvalue weighted by Gasteiger charge is -2.37. The molecule has 2 aromatic rings. The maximum atomic E-state index is 13.2. The molecule has 1 spiro atoms. The minimum absolute atomic E-state index is 0.0820. The number of carbonyl (C=O) groups is 1. The summed E-state index contributed by atoms with van der Waals surface area (Å²) in [4.78, 5) is 21.5. The van der Waals surface area contributed by atoms with Gasteiger partial charge < -0.3 is 5.32 Å². The van der Waals surface area contributed by atoms with Crippen LogP contribution in [0.3, 0.4) is 0 Å². The van der Waals surface area contributed by atoms with Gasteiger partial charge in [-0.3, -0.25) is 14.8 Å². The predicted molar refractivity (Wildman–Crippen MR) is 108 cm³/mol. The number of hydrogen-bond acceptors (Lipinski definition) is 5. The van der Waals surface area contributed by atoms with Crippen molar-refractivity contribution < 1.29 is 13.2 Å². The summed E-state index contributed by atoms with van der Waals surface area (Å²) in [5.74, 6) is -0.431. The highest BCUT2D eigenvalue weighted by Crippen LogP contribution is 2.48. The number of amides is 1. The molecule has 2 aromatic heterocycles. The first kappa shape index (κ1) is 20.0. The molecule has 2 fully saturated rings. The van der Waals surface area contributed by atoms with Crippen molar-refractivity contribution in [3.63, 3.8) is 0 Å². The van der Waals surface area contributed by atoms with E-state index in [2.05, 4.69) is 15.3 Å². The zero-order valence-corrected chi connectivity index (χ0v) is 17.1. The van der Waals surface area contributed by atoms with Crippen LogP contribution in [-0.4, -0.2) is 41.7 Å².